The van der Waals surface area contributed by atoms with Crippen LogP contribution in [-0.2, 0) is 4.79 Å². The molecular weight excluding hydrogens is 324 g/mol. The van der Waals surface area contributed by atoms with Crippen LogP contribution in [0.1, 0.15) is 61.3 Å². The Hall–Kier alpha value is -1.39. The summed E-state index contributed by atoms with van der Waals surface area (Å²) in [5.74, 6) is 0.450. The van der Waals surface area contributed by atoms with Gasteiger partial charge in [0.15, 0.2) is 0 Å². The van der Waals surface area contributed by atoms with E-state index in [1.807, 2.05) is 6.07 Å². The topological polar surface area (TPSA) is 43.8 Å². The van der Waals surface area contributed by atoms with E-state index in [-0.39, 0.29) is 5.92 Å². The first-order valence-corrected chi connectivity index (χ1v) is 10.3. The van der Waals surface area contributed by atoms with Crippen molar-refractivity contribution in [3.8, 4) is 0 Å². The number of carbonyl (C=O) groups excluding carboxylic acids is 1. The van der Waals surface area contributed by atoms with Gasteiger partial charge in [-0.3, -0.25) is 9.69 Å². The summed E-state index contributed by atoms with van der Waals surface area (Å²) in [6, 6.07) is 6.23. The molecule has 1 aromatic rings. The fourth-order valence-electron chi connectivity index (χ4n) is 4.51. The van der Waals surface area contributed by atoms with E-state index in [1.165, 1.54) is 18.4 Å². The van der Waals surface area contributed by atoms with Crippen LogP contribution in [0.2, 0.25) is 0 Å². The van der Waals surface area contributed by atoms with Gasteiger partial charge >= 0.3 is 0 Å². The van der Waals surface area contributed by atoms with Gasteiger partial charge in [-0.25, -0.2) is 0 Å². The molecule has 2 atom stereocenters. The van der Waals surface area contributed by atoms with E-state index < -0.39 is 6.10 Å². The second-order valence-electron chi connectivity index (χ2n) is 8.21. The molecule has 0 radical (unpaired) electrons. The molecule has 4 nitrogen and oxygen atoms in total. The molecule has 0 aromatic heterocycles. The molecule has 1 aromatic carbocycles. The Morgan fingerprint density at radius 1 is 1.12 bits per heavy atom. The molecule has 0 bridgehead atoms. The number of likely N-dealkylation sites (tertiary alicyclic amines) is 2. The third-order valence-corrected chi connectivity index (χ3v) is 5.99. The zero-order valence-corrected chi connectivity index (χ0v) is 16.4. The zero-order chi connectivity index (χ0) is 18.5. The van der Waals surface area contributed by atoms with Gasteiger partial charge in [-0.2, -0.15) is 0 Å². The van der Waals surface area contributed by atoms with E-state index in [9.17, 15) is 9.90 Å². The lowest BCUT2D eigenvalue weighted by Crippen LogP contribution is -2.46. The van der Waals surface area contributed by atoms with E-state index in [2.05, 4.69) is 35.8 Å². The van der Waals surface area contributed by atoms with Crippen LogP contribution in [0, 0.1) is 19.8 Å². The molecule has 26 heavy (non-hydrogen) atoms. The van der Waals surface area contributed by atoms with Crippen molar-refractivity contribution in [1.82, 2.24) is 9.80 Å². The summed E-state index contributed by atoms with van der Waals surface area (Å²) in [5, 5.41) is 10.7. The lowest BCUT2D eigenvalue weighted by atomic mass is 9.95. The van der Waals surface area contributed by atoms with Gasteiger partial charge < -0.3 is 10.0 Å². The Kier molecular flexibility index (Phi) is 6.71. The molecule has 0 saturated carbocycles. The standard InChI is InChI=1S/C22H34N2O2/c1-17-9-10-20(18(2)14-17)21(25)16-23-11-7-8-19(15-23)22(26)24-12-5-3-4-6-13-24/h9-10,14,19,21,25H,3-8,11-13,15-16H2,1-2H3/t19-,21-/m0/s1. The lowest BCUT2D eigenvalue weighted by molar-refractivity contribution is -0.137. The van der Waals surface area contributed by atoms with Crippen LogP contribution in [0.15, 0.2) is 18.2 Å². The molecule has 0 spiro atoms. The SMILES string of the molecule is Cc1ccc([C@@H](O)CN2CCC[C@H](C(=O)N3CCCCCC3)C2)c(C)c1. The molecule has 4 heteroatoms. The van der Waals surface area contributed by atoms with Gasteiger partial charge in [0.05, 0.1) is 12.0 Å². The maximum atomic E-state index is 12.9. The van der Waals surface area contributed by atoms with Crippen LogP contribution < -0.4 is 0 Å². The van der Waals surface area contributed by atoms with Crippen molar-refractivity contribution in [1.29, 1.82) is 0 Å². The van der Waals surface area contributed by atoms with Crippen LogP contribution in [0.3, 0.4) is 0 Å². The summed E-state index contributed by atoms with van der Waals surface area (Å²) in [7, 11) is 0. The highest BCUT2D eigenvalue weighted by atomic mass is 16.3. The number of benzene rings is 1. The Labute approximate surface area is 158 Å². The van der Waals surface area contributed by atoms with Gasteiger partial charge in [-0.05, 0) is 57.2 Å². The highest BCUT2D eigenvalue weighted by Gasteiger charge is 2.30. The van der Waals surface area contributed by atoms with E-state index in [0.717, 1.165) is 63.0 Å². The number of β-amino-alcohol motifs (C(OH)–C–C–N with tert-alkyl or cyclic N) is 1. The summed E-state index contributed by atoms with van der Waals surface area (Å²) in [4.78, 5) is 17.3. The molecule has 2 heterocycles. The summed E-state index contributed by atoms with van der Waals surface area (Å²) in [5.41, 5.74) is 3.38. The number of rotatable bonds is 4. The van der Waals surface area contributed by atoms with Crippen LogP contribution in [0.4, 0.5) is 0 Å². The van der Waals surface area contributed by atoms with Gasteiger partial charge in [0, 0.05) is 26.2 Å². The molecule has 144 valence electrons. The predicted octanol–water partition coefficient (Wildman–Crippen LogP) is 3.45. The number of aliphatic hydroxyl groups is 1. The van der Waals surface area contributed by atoms with Crippen LogP contribution >= 0.6 is 0 Å². The number of aryl methyl sites for hydroxylation is 2. The fraction of sp³-hybridized carbons (Fsp3) is 0.682. The molecule has 0 aliphatic carbocycles. The molecule has 2 saturated heterocycles. The van der Waals surface area contributed by atoms with Crippen LogP contribution in [0.5, 0.6) is 0 Å². The normalized spacial score (nSPS) is 23.5. The first-order valence-electron chi connectivity index (χ1n) is 10.3. The summed E-state index contributed by atoms with van der Waals surface area (Å²) >= 11 is 0. The number of nitrogens with zero attached hydrogens (tertiary/aromatic N) is 2. The van der Waals surface area contributed by atoms with Gasteiger partial charge in [-0.15, -0.1) is 0 Å². The summed E-state index contributed by atoms with van der Waals surface area (Å²) < 4.78 is 0. The van der Waals surface area contributed by atoms with Crippen LogP contribution in [0.25, 0.3) is 0 Å². The third kappa shape index (κ3) is 4.86. The lowest BCUT2D eigenvalue weighted by Gasteiger charge is -2.35. The van der Waals surface area contributed by atoms with Gasteiger partial charge in [-0.1, -0.05) is 36.6 Å². The molecule has 2 fully saturated rings. The van der Waals surface area contributed by atoms with Crippen molar-refractivity contribution in [3.05, 3.63) is 34.9 Å². The Morgan fingerprint density at radius 2 is 1.85 bits per heavy atom. The minimum absolute atomic E-state index is 0.105. The maximum absolute atomic E-state index is 12.9. The van der Waals surface area contributed by atoms with Crippen molar-refractivity contribution in [2.24, 2.45) is 5.92 Å². The molecule has 2 aliphatic heterocycles. The minimum atomic E-state index is -0.484. The number of carbonyl (C=O) groups is 1. The smallest absolute Gasteiger partial charge is 0.226 e. The van der Waals surface area contributed by atoms with Crippen molar-refractivity contribution < 1.29 is 9.90 Å². The second-order valence-corrected chi connectivity index (χ2v) is 8.21. The van der Waals surface area contributed by atoms with E-state index in [0.29, 0.717) is 12.5 Å². The van der Waals surface area contributed by atoms with Gasteiger partial charge in [0.2, 0.25) is 5.91 Å². The number of amides is 1. The second kappa shape index (κ2) is 9.01. The zero-order valence-electron chi connectivity index (χ0n) is 16.4. The minimum Gasteiger partial charge on any atom is -0.387 e. The Morgan fingerprint density at radius 3 is 2.54 bits per heavy atom. The van der Waals surface area contributed by atoms with Crippen molar-refractivity contribution in [3.63, 3.8) is 0 Å². The largest absolute Gasteiger partial charge is 0.387 e. The Bertz CT molecular complexity index is 608. The summed E-state index contributed by atoms with van der Waals surface area (Å²) in [6.07, 6.45) is 6.35. The number of piperidine rings is 1. The Balaban J connectivity index is 1.58. The quantitative estimate of drug-likeness (QED) is 0.896. The molecular formula is C22H34N2O2. The number of hydrogen-bond donors (Lipinski definition) is 1. The predicted molar refractivity (Wildman–Crippen MR) is 105 cm³/mol. The molecule has 3 rings (SSSR count). The monoisotopic (exact) mass is 358 g/mol. The van der Waals surface area contributed by atoms with E-state index in [4.69, 9.17) is 0 Å². The average molecular weight is 359 g/mol. The highest BCUT2D eigenvalue weighted by molar-refractivity contribution is 5.79. The van der Waals surface area contributed by atoms with Crippen molar-refractivity contribution in [2.45, 2.75) is 58.5 Å². The van der Waals surface area contributed by atoms with Gasteiger partial charge in [0.1, 0.15) is 0 Å². The number of aliphatic hydroxyl groups excluding tert-OH is 1. The molecule has 0 unspecified atom stereocenters. The fourth-order valence-corrected chi connectivity index (χ4v) is 4.51. The molecule has 1 N–H and O–H groups in total. The van der Waals surface area contributed by atoms with Crippen molar-refractivity contribution in [2.75, 3.05) is 32.7 Å². The molecule has 2 aliphatic rings. The van der Waals surface area contributed by atoms with E-state index >= 15 is 0 Å². The maximum Gasteiger partial charge on any atom is 0.226 e. The van der Waals surface area contributed by atoms with Crippen LogP contribution in [-0.4, -0.2) is 53.5 Å². The summed E-state index contributed by atoms with van der Waals surface area (Å²) in [6.45, 7) is 8.39. The van der Waals surface area contributed by atoms with Crippen molar-refractivity contribution >= 4 is 5.91 Å². The average Bonchev–Trinajstić information content (AvgIpc) is 2.90. The third-order valence-electron chi connectivity index (χ3n) is 5.99. The first kappa shape index (κ1) is 19.4. The van der Waals surface area contributed by atoms with E-state index in [1.54, 1.807) is 0 Å². The first-order chi connectivity index (χ1) is 12.5. The molecule has 1 amide bonds. The highest BCUT2D eigenvalue weighted by Crippen LogP contribution is 2.25. The van der Waals surface area contributed by atoms with Gasteiger partial charge in [0.25, 0.3) is 0 Å². The number of hydrogen-bond acceptors (Lipinski definition) is 3.